The van der Waals surface area contributed by atoms with Gasteiger partial charge in [0, 0.05) is 15.4 Å². The maximum atomic E-state index is 11.4. The highest BCUT2D eigenvalue weighted by Gasteiger charge is 2.17. The SMILES string of the molecule is COC(=O)COc1cccc2c(CCSC(c3ccc(Cl)cc3)c3ccc(Cl)cc3)coc12. The van der Waals surface area contributed by atoms with Crippen molar-refractivity contribution >= 4 is 51.9 Å². The number of esters is 1. The lowest BCUT2D eigenvalue weighted by Crippen LogP contribution is -2.12. The minimum Gasteiger partial charge on any atom is -0.478 e. The fourth-order valence-electron chi connectivity index (χ4n) is 3.53. The highest BCUT2D eigenvalue weighted by atomic mass is 35.5. The molecule has 4 nitrogen and oxygen atoms in total. The van der Waals surface area contributed by atoms with Gasteiger partial charge in [-0.2, -0.15) is 0 Å². The summed E-state index contributed by atoms with van der Waals surface area (Å²) in [7, 11) is 1.33. The average Bonchev–Trinajstić information content (AvgIpc) is 3.25. The van der Waals surface area contributed by atoms with E-state index in [0.29, 0.717) is 21.4 Å². The fraction of sp³-hybridized carbons (Fsp3) is 0.192. The summed E-state index contributed by atoms with van der Waals surface area (Å²) >= 11 is 14.0. The van der Waals surface area contributed by atoms with Crippen LogP contribution in [0.5, 0.6) is 5.75 Å². The molecule has 7 heteroatoms. The number of hydrogen-bond acceptors (Lipinski definition) is 5. The first-order chi connectivity index (χ1) is 16.0. The van der Waals surface area contributed by atoms with E-state index in [1.165, 1.54) is 18.2 Å². The number of para-hydroxylation sites is 1. The molecule has 1 aromatic heterocycles. The van der Waals surface area contributed by atoms with E-state index in [0.717, 1.165) is 23.1 Å². The first-order valence-electron chi connectivity index (χ1n) is 10.4. The molecule has 0 spiro atoms. The van der Waals surface area contributed by atoms with Crippen LogP contribution in [0.4, 0.5) is 0 Å². The van der Waals surface area contributed by atoms with Gasteiger partial charge in [0.15, 0.2) is 17.9 Å². The highest BCUT2D eigenvalue weighted by molar-refractivity contribution is 7.99. The number of aryl methyl sites for hydroxylation is 1. The van der Waals surface area contributed by atoms with Crippen molar-refractivity contribution in [2.75, 3.05) is 19.5 Å². The molecule has 0 aliphatic rings. The Hall–Kier alpha value is -2.60. The monoisotopic (exact) mass is 500 g/mol. The van der Waals surface area contributed by atoms with Crippen molar-refractivity contribution in [3.8, 4) is 5.75 Å². The van der Waals surface area contributed by atoms with Gasteiger partial charge in [-0.1, -0.05) is 59.6 Å². The quantitative estimate of drug-likeness (QED) is 0.224. The molecule has 4 rings (SSSR count). The van der Waals surface area contributed by atoms with E-state index < -0.39 is 5.97 Å². The molecule has 0 fully saturated rings. The zero-order valence-corrected chi connectivity index (χ0v) is 20.3. The summed E-state index contributed by atoms with van der Waals surface area (Å²) in [6.07, 6.45) is 2.58. The second kappa shape index (κ2) is 11.0. The number of halogens is 2. The van der Waals surface area contributed by atoms with Crippen LogP contribution in [0.1, 0.15) is 21.9 Å². The fourth-order valence-corrected chi connectivity index (χ4v) is 5.06. The van der Waals surface area contributed by atoms with Gasteiger partial charge in [0.25, 0.3) is 0 Å². The van der Waals surface area contributed by atoms with Gasteiger partial charge in [0.2, 0.25) is 0 Å². The van der Waals surface area contributed by atoms with Gasteiger partial charge in [-0.25, -0.2) is 4.79 Å². The molecular weight excluding hydrogens is 479 g/mol. The zero-order chi connectivity index (χ0) is 23.2. The number of benzene rings is 3. The highest BCUT2D eigenvalue weighted by Crippen LogP contribution is 2.38. The van der Waals surface area contributed by atoms with Crippen LogP contribution in [0, 0.1) is 0 Å². The summed E-state index contributed by atoms with van der Waals surface area (Å²) in [6, 6.07) is 21.6. The number of hydrogen-bond donors (Lipinski definition) is 0. The number of carbonyl (C=O) groups is 1. The Morgan fingerprint density at radius 1 is 0.970 bits per heavy atom. The molecule has 0 amide bonds. The number of fused-ring (bicyclic) bond motifs is 1. The van der Waals surface area contributed by atoms with Crippen molar-refractivity contribution in [3.63, 3.8) is 0 Å². The van der Waals surface area contributed by atoms with Gasteiger partial charge in [0.1, 0.15) is 0 Å². The zero-order valence-electron chi connectivity index (χ0n) is 17.9. The number of furan rings is 1. The summed E-state index contributed by atoms with van der Waals surface area (Å²) < 4.78 is 16.0. The lowest BCUT2D eigenvalue weighted by atomic mass is 10.0. The van der Waals surface area contributed by atoms with Crippen LogP contribution in [-0.2, 0) is 16.0 Å². The van der Waals surface area contributed by atoms with Crippen LogP contribution in [0.3, 0.4) is 0 Å². The largest absolute Gasteiger partial charge is 0.478 e. The predicted octanol–water partition coefficient (Wildman–Crippen LogP) is 7.36. The topological polar surface area (TPSA) is 48.7 Å². The Balaban J connectivity index is 1.49. The van der Waals surface area contributed by atoms with Gasteiger partial charge in [-0.05, 0) is 59.2 Å². The van der Waals surface area contributed by atoms with Crippen LogP contribution in [0.15, 0.2) is 77.4 Å². The van der Waals surface area contributed by atoms with Crippen molar-refractivity contribution in [2.24, 2.45) is 0 Å². The number of carbonyl (C=O) groups excluding carboxylic acids is 1. The minimum atomic E-state index is -0.439. The lowest BCUT2D eigenvalue weighted by molar-refractivity contribution is -0.142. The van der Waals surface area contributed by atoms with E-state index in [4.69, 9.17) is 32.4 Å². The van der Waals surface area contributed by atoms with Gasteiger partial charge < -0.3 is 13.9 Å². The van der Waals surface area contributed by atoms with Gasteiger partial charge in [-0.3, -0.25) is 0 Å². The standard InChI is InChI=1S/C26H22Cl2O4S/c1-30-24(29)16-31-23-4-2-3-22-19(15-32-25(22)23)13-14-33-26(17-5-9-20(27)10-6-17)18-7-11-21(28)12-8-18/h2-12,15,26H,13-14,16H2,1H3. The van der Waals surface area contributed by atoms with E-state index in [1.807, 2.05) is 48.2 Å². The van der Waals surface area contributed by atoms with Crippen molar-refractivity contribution < 1.29 is 18.7 Å². The van der Waals surface area contributed by atoms with Crippen molar-refractivity contribution in [3.05, 3.63) is 99.7 Å². The molecular formula is C26H22Cl2O4S. The maximum absolute atomic E-state index is 11.4. The second-order valence-electron chi connectivity index (χ2n) is 7.36. The summed E-state index contributed by atoms with van der Waals surface area (Å²) in [5.41, 5.74) is 4.09. The minimum absolute atomic E-state index is 0.150. The van der Waals surface area contributed by atoms with Gasteiger partial charge >= 0.3 is 5.97 Å². The molecule has 33 heavy (non-hydrogen) atoms. The van der Waals surface area contributed by atoms with Gasteiger partial charge in [0.05, 0.1) is 18.6 Å². The lowest BCUT2D eigenvalue weighted by Gasteiger charge is -2.18. The van der Waals surface area contributed by atoms with Crippen LogP contribution in [0.2, 0.25) is 10.0 Å². The van der Waals surface area contributed by atoms with Crippen molar-refractivity contribution in [2.45, 2.75) is 11.7 Å². The molecule has 3 aromatic carbocycles. The number of ether oxygens (including phenoxy) is 2. The molecule has 1 heterocycles. The normalized spacial score (nSPS) is 11.2. The molecule has 0 saturated heterocycles. The Labute approximate surface area is 206 Å². The first-order valence-corrected chi connectivity index (χ1v) is 12.2. The van der Waals surface area contributed by atoms with E-state index >= 15 is 0 Å². The Bertz CT molecular complexity index is 1170. The van der Waals surface area contributed by atoms with Crippen LogP contribution >= 0.6 is 35.0 Å². The van der Waals surface area contributed by atoms with Gasteiger partial charge in [-0.15, -0.1) is 11.8 Å². The number of rotatable bonds is 9. The number of thioether (sulfide) groups is 1. The van der Waals surface area contributed by atoms with Crippen LogP contribution in [-0.4, -0.2) is 25.4 Å². The smallest absolute Gasteiger partial charge is 0.343 e. The Kier molecular flexibility index (Phi) is 7.86. The van der Waals surface area contributed by atoms with E-state index in [-0.39, 0.29) is 11.9 Å². The maximum Gasteiger partial charge on any atom is 0.343 e. The third-order valence-electron chi connectivity index (χ3n) is 5.22. The summed E-state index contributed by atoms with van der Waals surface area (Å²) in [5.74, 6) is 0.959. The molecule has 0 atom stereocenters. The average molecular weight is 501 g/mol. The summed E-state index contributed by atoms with van der Waals surface area (Å²) in [4.78, 5) is 11.4. The third-order valence-corrected chi connectivity index (χ3v) is 7.04. The van der Waals surface area contributed by atoms with E-state index in [1.54, 1.807) is 12.3 Å². The van der Waals surface area contributed by atoms with E-state index in [9.17, 15) is 4.79 Å². The molecule has 170 valence electrons. The Morgan fingerprint density at radius 3 is 2.21 bits per heavy atom. The number of methoxy groups -OCH3 is 1. The molecule has 0 saturated carbocycles. The molecule has 0 bridgehead atoms. The summed E-state index contributed by atoms with van der Waals surface area (Å²) in [5, 5.41) is 2.56. The van der Waals surface area contributed by atoms with Crippen molar-refractivity contribution in [1.82, 2.24) is 0 Å². The van der Waals surface area contributed by atoms with E-state index in [2.05, 4.69) is 29.0 Å². The summed E-state index contributed by atoms with van der Waals surface area (Å²) in [6.45, 7) is -0.161. The Morgan fingerprint density at radius 2 is 1.61 bits per heavy atom. The third kappa shape index (κ3) is 5.85. The van der Waals surface area contributed by atoms with Crippen molar-refractivity contribution in [1.29, 1.82) is 0 Å². The molecule has 0 unspecified atom stereocenters. The molecule has 4 aromatic rings. The first kappa shape index (κ1) is 23.6. The molecule has 0 radical (unpaired) electrons. The van der Waals surface area contributed by atoms with Crippen LogP contribution in [0.25, 0.3) is 11.0 Å². The second-order valence-corrected chi connectivity index (χ2v) is 9.45. The predicted molar refractivity (Wildman–Crippen MR) is 135 cm³/mol. The molecule has 0 aliphatic heterocycles. The van der Waals surface area contributed by atoms with Crippen LogP contribution < -0.4 is 4.74 Å². The molecule has 0 aliphatic carbocycles. The molecule has 0 N–H and O–H groups in total.